The molecular formula is C18H21NO4. The minimum absolute atomic E-state index is 0.0327. The summed E-state index contributed by atoms with van der Waals surface area (Å²) in [7, 11) is 0. The van der Waals surface area contributed by atoms with Crippen molar-refractivity contribution in [2.75, 3.05) is 0 Å². The van der Waals surface area contributed by atoms with Crippen LogP contribution in [0.4, 0.5) is 0 Å². The molecule has 2 aromatic rings. The molecule has 0 aliphatic heterocycles. The maximum Gasteiger partial charge on any atom is 0.261 e. The Hall–Kier alpha value is -2.69. The summed E-state index contributed by atoms with van der Waals surface area (Å²) in [5.74, 6) is 0.259. The number of hydrogen-bond donors (Lipinski definition) is 3. The van der Waals surface area contributed by atoms with Crippen molar-refractivity contribution < 1.29 is 19.7 Å². The molecule has 0 saturated carbocycles. The molecule has 0 saturated heterocycles. The maximum atomic E-state index is 12.3. The predicted molar refractivity (Wildman–Crippen MR) is 87.5 cm³/mol. The number of para-hydroxylation sites is 1. The van der Waals surface area contributed by atoms with Gasteiger partial charge in [0.15, 0.2) is 6.10 Å². The van der Waals surface area contributed by atoms with Gasteiger partial charge in [0.25, 0.3) is 5.91 Å². The van der Waals surface area contributed by atoms with Crippen LogP contribution >= 0.6 is 0 Å². The van der Waals surface area contributed by atoms with Gasteiger partial charge in [-0.05, 0) is 37.1 Å². The van der Waals surface area contributed by atoms with E-state index in [9.17, 15) is 15.0 Å². The highest BCUT2D eigenvalue weighted by Crippen LogP contribution is 2.26. The Morgan fingerprint density at radius 1 is 1.13 bits per heavy atom. The zero-order chi connectivity index (χ0) is 16.8. The molecule has 2 rings (SSSR count). The minimum Gasteiger partial charge on any atom is -0.507 e. The molecular weight excluding hydrogens is 294 g/mol. The van der Waals surface area contributed by atoms with Gasteiger partial charge >= 0.3 is 0 Å². The number of amides is 1. The molecule has 0 radical (unpaired) electrons. The summed E-state index contributed by atoms with van der Waals surface area (Å²) in [6, 6.07) is 12.0. The zero-order valence-corrected chi connectivity index (χ0v) is 13.2. The molecule has 0 aromatic heterocycles. The van der Waals surface area contributed by atoms with Gasteiger partial charge in [-0.1, -0.05) is 31.2 Å². The molecule has 0 aliphatic rings. The van der Waals surface area contributed by atoms with Crippen LogP contribution in [-0.2, 0) is 11.3 Å². The molecule has 0 heterocycles. The van der Waals surface area contributed by atoms with E-state index in [4.69, 9.17) is 4.74 Å². The van der Waals surface area contributed by atoms with Gasteiger partial charge in [0.2, 0.25) is 0 Å². The van der Waals surface area contributed by atoms with E-state index in [2.05, 4.69) is 5.32 Å². The molecule has 5 heteroatoms. The Morgan fingerprint density at radius 2 is 1.78 bits per heavy atom. The van der Waals surface area contributed by atoms with Crippen molar-refractivity contribution in [2.45, 2.75) is 32.9 Å². The smallest absolute Gasteiger partial charge is 0.261 e. The molecule has 0 bridgehead atoms. The van der Waals surface area contributed by atoms with E-state index in [-0.39, 0.29) is 29.5 Å². The Kier molecular flexibility index (Phi) is 5.46. The molecule has 23 heavy (non-hydrogen) atoms. The molecule has 1 atom stereocenters. The largest absolute Gasteiger partial charge is 0.507 e. The van der Waals surface area contributed by atoms with Crippen LogP contribution in [0, 0.1) is 6.92 Å². The summed E-state index contributed by atoms with van der Waals surface area (Å²) in [5, 5.41) is 22.1. The Morgan fingerprint density at radius 3 is 2.39 bits per heavy atom. The highest BCUT2D eigenvalue weighted by molar-refractivity contribution is 5.81. The monoisotopic (exact) mass is 315 g/mol. The van der Waals surface area contributed by atoms with Crippen LogP contribution in [0.15, 0.2) is 42.5 Å². The van der Waals surface area contributed by atoms with Crippen LogP contribution in [0.3, 0.4) is 0 Å². The van der Waals surface area contributed by atoms with E-state index >= 15 is 0 Å². The molecule has 122 valence electrons. The fourth-order valence-electron chi connectivity index (χ4n) is 2.20. The third kappa shape index (κ3) is 4.16. The van der Waals surface area contributed by atoms with Gasteiger partial charge in [-0.15, -0.1) is 0 Å². The number of aryl methyl sites for hydroxylation is 1. The van der Waals surface area contributed by atoms with E-state index in [1.165, 1.54) is 18.2 Å². The Balaban J connectivity index is 2.02. The number of benzene rings is 2. The number of ether oxygens (including phenoxy) is 1. The van der Waals surface area contributed by atoms with E-state index in [0.717, 1.165) is 5.56 Å². The highest BCUT2D eigenvalue weighted by Gasteiger charge is 2.19. The van der Waals surface area contributed by atoms with Crippen molar-refractivity contribution in [1.82, 2.24) is 5.32 Å². The summed E-state index contributed by atoms with van der Waals surface area (Å²) < 4.78 is 5.77. The lowest BCUT2D eigenvalue weighted by Crippen LogP contribution is -2.37. The van der Waals surface area contributed by atoms with Crippen molar-refractivity contribution in [1.29, 1.82) is 0 Å². The molecule has 5 nitrogen and oxygen atoms in total. The molecule has 1 amide bonds. The normalized spacial score (nSPS) is 11.7. The molecule has 3 N–H and O–H groups in total. The number of aromatic hydroxyl groups is 2. The third-order valence-corrected chi connectivity index (χ3v) is 3.59. The lowest BCUT2D eigenvalue weighted by molar-refractivity contribution is -0.128. The Bertz CT molecular complexity index is 664. The molecule has 1 unspecified atom stereocenters. The van der Waals surface area contributed by atoms with Crippen LogP contribution in [0.25, 0.3) is 0 Å². The van der Waals surface area contributed by atoms with Crippen LogP contribution in [0.5, 0.6) is 17.2 Å². The van der Waals surface area contributed by atoms with Crippen molar-refractivity contribution in [3.8, 4) is 17.2 Å². The number of carbonyl (C=O) groups is 1. The van der Waals surface area contributed by atoms with Crippen molar-refractivity contribution in [2.24, 2.45) is 0 Å². The van der Waals surface area contributed by atoms with Crippen LogP contribution in [-0.4, -0.2) is 22.2 Å². The lowest BCUT2D eigenvalue weighted by atomic mass is 10.1. The first-order valence-corrected chi connectivity index (χ1v) is 7.52. The summed E-state index contributed by atoms with van der Waals surface area (Å²) in [5.41, 5.74) is 1.24. The number of nitrogens with one attached hydrogen (secondary N) is 1. The SMILES string of the molecule is CCC(Oc1ccccc1C)C(=O)NCc1c(O)cccc1O. The van der Waals surface area contributed by atoms with Crippen molar-refractivity contribution >= 4 is 5.91 Å². The standard InChI is InChI=1S/C18H21NO4/c1-3-16(23-17-10-5-4-7-12(17)2)18(22)19-11-13-14(20)8-6-9-15(13)21/h4-10,16,20-21H,3,11H2,1-2H3,(H,19,22). The fourth-order valence-corrected chi connectivity index (χ4v) is 2.20. The van der Waals surface area contributed by atoms with E-state index < -0.39 is 6.10 Å². The van der Waals surface area contributed by atoms with Crippen LogP contribution in [0.1, 0.15) is 24.5 Å². The second-order valence-corrected chi connectivity index (χ2v) is 5.27. The predicted octanol–water partition coefficient (Wildman–Crippen LogP) is 2.88. The second kappa shape index (κ2) is 7.54. The van der Waals surface area contributed by atoms with Gasteiger partial charge in [0.05, 0.1) is 12.1 Å². The van der Waals surface area contributed by atoms with Gasteiger partial charge < -0.3 is 20.3 Å². The van der Waals surface area contributed by atoms with Crippen molar-refractivity contribution in [3.63, 3.8) is 0 Å². The average Bonchev–Trinajstić information content (AvgIpc) is 2.53. The summed E-state index contributed by atoms with van der Waals surface area (Å²) in [6.45, 7) is 3.81. The number of phenols is 2. The summed E-state index contributed by atoms with van der Waals surface area (Å²) in [6.07, 6.45) is -0.128. The zero-order valence-electron chi connectivity index (χ0n) is 13.2. The average molecular weight is 315 g/mol. The first kappa shape index (κ1) is 16.7. The number of phenolic OH excluding ortho intramolecular Hbond substituents is 2. The number of hydrogen-bond acceptors (Lipinski definition) is 4. The van der Waals surface area contributed by atoms with Gasteiger partial charge in [-0.25, -0.2) is 0 Å². The minimum atomic E-state index is -0.635. The fraction of sp³-hybridized carbons (Fsp3) is 0.278. The maximum absolute atomic E-state index is 12.3. The van der Waals surface area contributed by atoms with E-state index in [1.54, 1.807) is 0 Å². The van der Waals surface area contributed by atoms with Crippen LogP contribution < -0.4 is 10.1 Å². The number of carbonyl (C=O) groups excluding carboxylic acids is 1. The molecule has 0 spiro atoms. The second-order valence-electron chi connectivity index (χ2n) is 5.27. The van der Waals surface area contributed by atoms with Gasteiger partial charge in [-0.2, -0.15) is 0 Å². The quantitative estimate of drug-likeness (QED) is 0.766. The molecule has 0 aliphatic carbocycles. The van der Waals surface area contributed by atoms with Gasteiger partial charge in [0.1, 0.15) is 17.2 Å². The van der Waals surface area contributed by atoms with E-state index in [0.29, 0.717) is 12.2 Å². The van der Waals surface area contributed by atoms with Gasteiger partial charge in [0, 0.05) is 0 Å². The highest BCUT2D eigenvalue weighted by atomic mass is 16.5. The summed E-state index contributed by atoms with van der Waals surface area (Å²) in [4.78, 5) is 12.3. The lowest BCUT2D eigenvalue weighted by Gasteiger charge is -2.19. The van der Waals surface area contributed by atoms with E-state index in [1.807, 2.05) is 38.1 Å². The van der Waals surface area contributed by atoms with Gasteiger partial charge in [-0.3, -0.25) is 4.79 Å². The topological polar surface area (TPSA) is 78.8 Å². The first-order chi connectivity index (χ1) is 11.0. The molecule has 2 aromatic carbocycles. The number of rotatable bonds is 6. The molecule has 0 fully saturated rings. The third-order valence-electron chi connectivity index (χ3n) is 3.59. The van der Waals surface area contributed by atoms with Crippen LogP contribution in [0.2, 0.25) is 0 Å². The van der Waals surface area contributed by atoms with Crippen molar-refractivity contribution in [3.05, 3.63) is 53.6 Å². The summed E-state index contributed by atoms with van der Waals surface area (Å²) >= 11 is 0. The Labute approximate surface area is 135 Å². The first-order valence-electron chi connectivity index (χ1n) is 7.52.